The minimum atomic E-state index is -2.54. The van der Waals surface area contributed by atoms with E-state index in [-0.39, 0.29) is 10.3 Å². The van der Waals surface area contributed by atoms with Gasteiger partial charge in [0.2, 0.25) is 0 Å². The summed E-state index contributed by atoms with van der Waals surface area (Å²) in [6, 6.07) is 0. The Labute approximate surface area is 91.5 Å². The molecule has 1 saturated heterocycles. The molecule has 0 radical (unpaired) electrons. The Morgan fingerprint density at radius 3 is 2.71 bits per heavy atom. The van der Waals surface area contributed by atoms with Crippen molar-refractivity contribution in [2.45, 2.75) is 37.4 Å². The fraction of sp³-hybridized carbons (Fsp3) is 0.889. The fourth-order valence-corrected chi connectivity index (χ4v) is 14.3. The summed E-state index contributed by atoms with van der Waals surface area (Å²) in [5.74, 6) is -1.07. The van der Waals surface area contributed by atoms with E-state index in [1.807, 2.05) is 0 Å². The van der Waals surface area contributed by atoms with Gasteiger partial charge in [-0.15, -0.1) is 0 Å². The molecule has 1 rings (SSSR count). The van der Waals surface area contributed by atoms with E-state index >= 15 is 0 Å². The van der Waals surface area contributed by atoms with Crippen molar-refractivity contribution in [3.05, 3.63) is 0 Å². The average Bonchev–Trinajstić information content (AvgIpc) is 2.64. The van der Waals surface area contributed by atoms with E-state index in [9.17, 15) is 9.90 Å². The van der Waals surface area contributed by atoms with Crippen LogP contribution in [0.2, 0.25) is 7.85 Å². The van der Waals surface area contributed by atoms with E-state index in [4.69, 9.17) is 10.2 Å². The number of hydrogen-bond acceptors (Lipinski definition) is 3. The van der Waals surface area contributed by atoms with Gasteiger partial charge in [-0.2, -0.15) is 0 Å². The Morgan fingerprint density at radius 1 is 1.64 bits per heavy atom. The Kier molecular flexibility index (Phi) is 4.28. The van der Waals surface area contributed by atoms with E-state index in [1.165, 1.54) is 0 Å². The summed E-state index contributed by atoms with van der Waals surface area (Å²) in [6.45, 7) is 1.79. The van der Waals surface area contributed by atoms with E-state index in [2.05, 4.69) is 0 Å². The molecule has 2 unspecified atom stereocenters. The van der Waals surface area contributed by atoms with Crippen molar-refractivity contribution in [3.63, 3.8) is 0 Å². The van der Waals surface area contributed by atoms with E-state index < -0.39 is 30.8 Å². The Bertz CT molecular complexity index is 221. The molecule has 1 aliphatic rings. The molecule has 14 heavy (non-hydrogen) atoms. The molecule has 0 aliphatic carbocycles. The van der Waals surface area contributed by atoms with Crippen LogP contribution in [0.3, 0.4) is 0 Å². The van der Waals surface area contributed by atoms with Crippen molar-refractivity contribution in [2.24, 2.45) is 0 Å². The van der Waals surface area contributed by atoms with Gasteiger partial charge in [0.25, 0.3) is 0 Å². The number of carboxylic acids is 1. The third-order valence-electron chi connectivity index (χ3n) is 3.42. The molecule has 0 spiro atoms. The van der Waals surface area contributed by atoms with Crippen LogP contribution in [0.15, 0.2) is 0 Å². The van der Waals surface area contributed by atoms with E-state index in [0.29, 0.717) is 6.42 Å². The van der Waals surface area contributed by atoms with Gasteiger partial charge in [0.05, 0.1) is 0 Å². The zero-order valence-electron chi connectivity index (χ0n) is 8.44. The zero-order valence-corrected chi connectivity index (χ0v) is 11.7. The molecule has 4 nitrogen and oxygen atoms in total. The maximum absolute atomic E-state index is 11.0. The van der Waals surface area contributed by atoms with Gasteiger partial charge in [0, 0.05) is 0 Å². The van der Waals surface area contributed by atoms with Crippen LogP contribution in [0, 0.1) is 0 Å². The first-order valence-corrected chi connectivity index (χ1v) is 11.0. The number of carboxylic acid groups (broad SMARTS) is 1. The molecule has 2 atom stereocenters. The fourth-order valence-electron chi connectivity index (χ4n) is 2.46. The molecule has 0 amide bonds. The molecule has 1 fully saturated rings. The second kappa shape index (κ2) is 4.86. The molecule has 0 aromatic rings. The summed E-state index contributed by atoms with van der Waals surface area (Å²) in [5, 5.41) is 28.2. The molecule has 0 bridgehead atoms. The van der Waals surface area contributed by atoms with Gasteiger partial charge in [0.15, 0.2) is 0 Å². The Morgan fingerprint density at radius 2 is 2.29 bits per heavy atom. The second-order valence-electron chi connectivity index (χ2n) is 4.06. The van der Waals surface area contributed by atoms with Crippen molar-refractivity contribution in [2.75, 3.05) is 6.61 Å². The molecule has 0 saturated carbocycles. The van der Waals surface area contributed by atoms with Gasteiger partial charge >= 0.3 is 91.5 Å². The predicted octanol–water partition coefficient (Wildman–Crippen LogP) is 0.402. The molecule has 80 valence electrons. The van der Waals surface area contributed by atoms with Crippen LogP contribution >= 0.6 is 0 Å². The van der Waals surface area contributed by atoms with Crippen LogP contribution in [0.25, 0.3) is 0 Å². The number of aliphatic hydroxyl groups is 2. The van der Waals surface area contributed by atoms with Crippen molar-refractivity contribution in [1.82, 2.24) is 0 Å². The first-order valence-electron chi connectivity index (χ1n) is 5.12. The summed E-state index contributed by atoms with van der Waals surface area (Å²) in [7, 11) is 0. The SMILES string of the molecule is CC[C](O)(C(=O)O)[In]1[CH2]CC[CH]1CO. The standard InChI is InChI=1S/C5H10O.C4H7O3.In/c1-2-3-4-5-6;1-2-3(5)4(6)7;/h4,6H,1-3,5H2;5H,2H2,1H3,(H,6,7);. The third-order valence-corrected chi connectivity index (χ3v) is 16.5. The summed E-state index contributed by atoms with van der Waals surface area (Å²) < 4.78 is -0.382. The molecule has 3 N–H and O–H groups in total. The van der Waals surface area contributed by atoms with Crippen molar-refractivity contribution >= 4 is 27.4 Å². The van der Waals surface area contributed by atoms with Gasteiger partial charge in [-0.3, -0.25) is 0 Å². The van der Waals surface area contributed by atoms with Crippen molar-refractivity contribution in [1.29, 1.82) is 0 Å². The molecular weight excluding hydrogens is 287 g/mol. The van der Waals surface area contributed by atoms with Crippen LogP contribution < -0.4 is 0 Å². The molecule has 5 heteroatoms. The molecule has 0 aromatic carbocycles. The van der Waals surface area contributed by atoms with E-state index in [0.717, 1.165) is 17.0 Å². The zero-order chi connectivity index (χ0) is 10.8. The quantitative estimate of drug-likeness (QED) is 0.703. The Balaban J connectivity index is 2.83. The summed E-state index contributed by atoms with van der Waals surface area (Å²) >= 11 is -2.54. The van der Waals surface area contributed by atoms with Gasteiger partial charge < -0.3 is 0 Å². The van der Waals surface area contributed by atoms with Crippen LogP contribution in [-0.2, 0) is 4.79 Å². The first kappa shape index (κ1) is 12.3. The topological polar surface area (TPSA) is 77.8 Å². The number of hydrogen-bond donors (Lipinski definition) is 3. The van der Waals surface area contributed by atoms with Crippen molar-refractivity contribution in [3.8, 4) is 0 Å². The summed E-state index contributed by atoms with van der Waals surface area (Å²) in [5.41, 5.74) is 0. The summed E-state index contributed by atoms with van der Waals surface area (Å²) in [4.78, 5) is 11.0. The van der Waals surface area contributed by atoms with Crippen LogP contribution in [0.1, 0.15) is 26.2 Å². The molecular formula is C9H17InO4. The second-order valence-corrected chi connectivity index (χ2v) is 14.6. The Hall–Kier alpha value is 0.260. The van der Waals surface area contributed by atoms with Crippen molar-refractivity contribution < 1.29 is 20.1 Å². The number of aliphatic carboxylic acids is 1. The predicted molar refractivity (Wildman–Crippen MR) is 53.5 cm³/mol. The molecule has 1 aliphatic heterocycles. The van der Waals surface area contributed by atoms with Gasteiger partial charge in [0.1, 0.15) is 0 Å². The van der Waals surface area contributed by atoms with Crippen LogP contribution in [0.5, 0.6) is 0 Å². The molecule has 1 heterocycles. The first-order chi connectivity index (χ1) is 6.56. The van der Waals surface area contributed by atoms with E-state index in [1.54, 1.807) is 6.92 Å². The molecule has 0 aromatic heterocycles. The number of rotatable bonds is 4. The third kappa shape index (κ3) is 2.09. The monoisotopic (exact) mass is 304 g/mol. The van der Waals surface area contributed by atoms with Gasteiger partial charge in [-0.1, -0.05) is 0 Å². The average molecular weight is 304 g/mol. The number of carbonyl (C=O) groups is 1. The van der Waals surface area contributed by atoms with Gasteiger partial charge in [-0.05, 0) is 0 Å². The number of aliphatic hydroxyl groups excluding tert-OH is 1. The van der Waals surface area contributed by atoms with Crippen LogP contribution in [0.4, 0.5) is 0 Å². The van der Waals surface area contributed by atoms with Gasteiger partial charge in [-0.25, -0.2) is 0 Å². The normalized spacial score (nSPS) is 26.2. The summed E-state index contributed by atoms with van der Waals surface area (Å²) in [6.07, 6.45) is 2.19. The maximum atomic E-state index is 11.0. The van der Waals surface area contributed by atoms with Crippen LogP contribution in [-0.4, -0.2) is 52.7 Å². The minimum absolute atomic E-state index is 0.0658.